The van der Waals surface area contributed by atoms with Crippen molar-refractivity contribution in [2.45, 2.75) is 0 Å². The minimum absolute atomic E-state index is 0.669. The highest BCUT2D eigenvalue weighted by molar-refractivity contribution is 5.82. The molecule has 4 heteroatoms. The van der Waals surface area contributed by atoms with E-state index in [1.54, 1.807) is 7.11 Å². The van der Waals surface area contributed by atoms with Crippen LogP contribution >= 0.6 is 0 Å². The molecular weight excluding hydrogens is 168 g/mol. The zero-order chi connectivity index (χ0) is 8.84. The lowest BCUT2D eigenvalue weighted by atomic mass is 10.1. The minimum Gasteiger partial charge on any atom is -0.496 e. The van der Waals surface area contributed by atoms with Crippen LogP contribution in [0, 0.1) is 0 Å². The van der Waals surface area contributed by atoms with Crippen LogP contribution in [0.15, 0.2) is 22.7 Å². The first-order valence-corrected chi connectivity index (χ1v) is 3.97. The van der Waals surface area contributed by atoms with E-state index in [-0.39, 0.29) is 0 Å². The molecule has 0 radical (unpaired) electrons. The Labute approximate surface area is 74.1 Å². The maximum atomic E-state index is 5.21. The second-order valence-corrected chi connectivity index (χ2v) is 2.87. The van der Waals surface area contributed by atoms with Gasteiger partial charge in [-0.05, 0) is 12.1 Å². The SMILES string of the molecule is COc1cccc2c1-c1[nH+]c-2no1. The lowest BCUT2D eigenvalue weighted by Gasteiger charge is -2.02. The summed E-state index contributed by atoms with van der Waals surface area (Å²) in [6.45, 7) is 0. The first-order chi connectivity index (χ1) is 6.40. The molecule has 2 heterocycles. The van der Waals surface area contributed by atoms with E-state index in [4.69, 9.17) is 9.26 Å². The molecule has 0 aliphatic carbocycles. The predicted molar refractivity (Wildman–Crippen MR) is 44.0 cm³/mol. The van der Waals surface area contributed by atoms with E-state index in [0.29, 0.717) is 5.89 Å². The van der Waals surface area contributed by atoms with Gasteiger partial charge in [0, 0.05) is 0 Å². The summed E-state index contributed by atoms with van der Waals surface area (Å²) >= 11 is 0. The van der Waals surface area contributed by atoms with Crippen LogP contribution in [0.1, 0.15) is 0 Å². The van der Waals surface area contributed by atoms with Crippen LogP contribution in [0.3, 0.4) is 0 Å². The standard InChI is InChI=1S/C9H6N2O2/c1-12-6-4-2-3-5-7(6)9-10-8(5)11-13-9/h2-4H,1H3/p+1. The van der Waals surface area contributed by atoms with Crippen LogP contribution in [0.25, 0.3) is 22.8 Å². The van der Waals surface area contributed by atoms with Gasteiger partial charge < -0.3 is 4.74 Å². The normalized spacial score (nSPS) is 11.5. The Balaban J connectivity index is 2.36. The molecule has 0 atom stereocenters. The molecule has 0 amide bonds. The summed E-state index contributed by atoms with van der Waals surface area (Å²) in [5.41, 5.74) is 2.01. The maximum absolute atomic E-state index is 5.21. The van der Waals surface area contributed by atoms with Crippen LogP contribution in [-0.2, 0) is 0 Å². The molecule has 1 N–H and O–H groups in total. The van der Waals surface area contributed by atoms with Gasteiger partial charge in [-0.1, -0.05) is 6.07 Å². The predicted octanol–water partition coefficient (Wildman–Crippen LogP) is 1.14. The first-order valence-electron chi connectivity index (χ1n) is 3.97. The molecule has 1 aliphatic heterocycles. The Morgan fingerprint density at radius 3 is 3.23 bits per heavy atom. The van der Waals surface area contributed by atoms with Crippen molar-refractivity contribution in [3.63, 3.8) is 0 Å². The first kappa shape index (κ1) is 6.65. The monoisotopic (exact) mass is 175 g/mol. The molecule has 1 aromatic heterocycles. The molecule has 0 saturated carbocycles. The molecule has 2 aromatic rings. The molecule has 1 aromatic carbocycles. The van der Waals surface area contributed by atoms with Crippen molar-refractivity contribution in [2.75, 3.05) is 7.11 Å². The Bertz CT molecular complexity index is 476. The van der Waals surface area contributed by atoms with Gasteiger partial charge in [0.25, 0.3) is 0 Å². The van der Waals surface area contributed by atoms with E-state index >= 15 is 0 Å². The van der Waals surface area contributed by atoms with Crippen molar-refractivity contribution < 1.29 is 14.2 Å². The van der Waals surface area contributed by atoms with Gasteiger partial charge in [-0.15, -0.1) is 0 Å². The van der Waals surface area contributed by atoms with Crippen LogP contribution < -0.4 is 9.72 Å². The van der Waals surface area contributed by atoms with Gasteiger partial charge in [-0.2, -0.15) is 4.98 Å². The third-order valence-electron chi connectivity index (χ3n) is 2.19. The third-order valence-corrected chi connectivity index (χ3v) is 2.19. The number of aromatic amines is 1. The number of hydrogen-bond acceptors (Lipinski definition) is 3. The second-order valence-electron chi connectivity index (χ2n) is 2.87. The van der Waals surface area contributed by atoms with Crippen molar-refractivity contribution in [1.29, 1.82) is 0 Å². The highest BCUT2D eigenvalue weighted by atomic mass is 16.5. The van der Waals surface area contributed by atoms with Gasteiger partial charge in [-0.25, -0.2) is 4.52 Å². The van der Waals surface area contributed by atoms with Gasteiger partial charge in [0.05, 0.1) is 12.7 Å². The number of hydrogen-bond donors (Lipinski definition) is 0. The van der Waals surface area contributed by atoms with E-state index in [2.05, 4.69) is 10.1 Å². The van der Waals surface area contributed by atoms with Crippen molar-refractivity contribution >= 4 is 0 Å². The molecular formula is C9H7N2O2+. The molecule has 4 nitrogen and oxygen atoms in total. The fraction of sp³-hybridized carbons (Fsp3) is 0.111. The van der Waals surface area contributed by atoms with Crippen molar-refractivity contribution in [1.82, 2.24) is 5.16 Å². The van der Waals surface area contributed by atoms with E-state index < -0.39 is 0 Å². The molecule has 3 rings (SSSR count). The quantitative estimate of drug-likeness (QED) is 0.557. The molecule has 64 valence electrons. The van der Waals surface area contributed by atoms with Gasteiger partial charge in [0.1, 0.15) is 11.3 Å². The van der Waals surface area contributed by atoms with Gasteiger partial charge in [0.15, 0.2) is 5.16 Å². The van der Waals surface area contributed by atoms with Crippen LogP contribution in [0.5, 0.6) is 5.75 Å². The lowest BCUT2D eigenvalue weighted by molar-refractivity contribution is -0.352. The zero-order valence-corrected chi connectivity index (χ0v) is 7.00. The van der Waals surface area contributed by atoms with Gasteiger partial charge in [-0.3, -0.25) is 0 Å². The topological polar surface area (TPSA) is 49.4 Å². The molecule has 0 saturated heterocycles. The highest BCUT2D eigenvalue weighted by Crippen LogP contribution is 2.39. The van der Waals surface area contributed by atoms with E-state index in [1.807, 2.05) is 18.2 Å². The average molecular weight is 175 g/mol. The molecule has 0 fully saturated rings. The second kappa shape index (κ2) is 2.10. The third kappa shape index (κ3) is 0.697. The molecule has 1 aliphatic rings. The van der Waals surface area contributed by atoms with Crippen LogP contribution in [0.2, 0.25) is 0 Å². The smallest absolute Gasteiger partial charge is 0.379 e. The molecule has 0 unspecified atom stereocenters. The summed E-state index contributed by atoms with van der Waals surface area (Å²) in [7, 11) is 1.64. The summed E-state index contributed by atoms with van der Waals surface area (Å²) in [4.78, 5) is 3.03. The van der Waals surface area contributed by atoms with Crippen LogP contribution in [-0.4, -0.2) is 12.3 Å². The average Bonchev–Trinajstić information content (AvgIpc) is 2.77. The molecule has 2 bridgehead atoms. The van der Waals surface area contributed by atoms with Crippen molar-refractivity contribution in [2.24, 2.45) is 0 Å². The number of aromatic nitrogens is 2. The molecule has 13 heavy (non-hydrogen) atoms. The van der Waals surface area contributed by atoms with Crippen LogP contribution in [0.4, 0.5) is 0 Å². The number of nitrogens with zero attached hydrogens (tertiary/aromatic N) is 1. The summed E-state index contributed by atoms with van der Waals surface area (Å²) in [5.74, 6) is 2.25. The summed E-state index contributed by atoms with van der Waals surface area (Å²) in [6.07, 6.45) is 0. The number of fused-ring (bicyclic) bond motifs is 5. The Hall–Kier alpha value is -1.84. The fourth-order valence-electron chi connectivity index (χ4n) is 1.60. The number of nitrogens with one attached hydrogen (secondary N) is 1. The Morgan fingerprint density at radius 2 is 2.38 bits per heavy atom. The Morgan fingerprint density at radius 1 is 1.46 bits per heavy atom. The lowest BCUT2D eigenvalue weighted by Crippen LogP contribution is -1.96. The van der Waals surface area contributed by atoms with E-state index in [1.165, 1.54) is 0 Å². The summed E-state index contributed by atoms with van der Waals surface area (Å²) in [6, 6.07) is 5.82. The van der Waals surface area contributed by atoms with Crippen molar-refractivity contribution in [3.05, 3.63) is 18.2 Å². The van der Waals surface area contributed by atoms with Crippen molar-refractivity contribution in [3.8, 4) is 28.6 Å². The minimum atomic E-state index is 0.669. The zero-order valence-electron chi connectivity index (χ0n) is 7.00. The van der Waals surface area contributed by atoms with E-state index in [0.717, 1.165) is 22.7 Å². The number of rotatable bonds is 1. The molecule has 0 spiro atoms. The number of H-pyrrole nitrogens is 1. The maximum Gasteiger partial charge on any atom is 0.379 e. The summed E-state index contributed by atoms with van der Waals surface area (Å²) < 4.78 is 10.2. The number of methoxy groups -OCH3 is 1. The number of benzene rings is 1. The fourth-order valence-corrected chi connectivity index (χ4v) is 1.60. The number of ether oxygens (including phenoxy) is 1. The summed E-state index contributed by atoms with van der Waals surface area (Å²) in [5, 5.41) is 3.83. The van der Waals surface area contributed by atoms with E-state index in [9.17, 15) is 0 Å². The highest BCUT2D eigenvalue weighted by Gasteiger charge is 2.34. The Kier molecular flexibility index (Phi) is 1.07. The van der Waals surface area contributed by atoms with Gasteiger partial charge >= 0.3 is 11.7 Å². The van der Waals surface area contributed by atoms with Gasteiger partial charge in [0.2, 0.25) is 0 Å². The largest absolute Gasteiger partial charge is 0.496 e.